The number of nitrogens with zero attached hydrogens (tertiary/aromatic N) is 2. The summed E-state index contributed by atoms with van der Waals surface area (Å²) in [6, 6.07) is 7.19. The van der Waals surface area contributed by atoms with E-state index in [9.17, 15) is 8.42 Å². The molecule has 0 amide bonds. The number of anilines is 1. The van der Waals surface area contributed by atoms with Crippen molar-refractivity contribution in [1.29, 1.82) is 0 Å². The van der Waals surface area contributed by atoms with Gasteiger partial charge in [-0.3, -0.25) is 4.68 Å². The van der Waals surface area contributed by atoms with Gasteiger partial charge in [-0.05, 0) is 57.0 Å². The Morgan fingerprint density at radius 3 is 2.30 bits per heavy atom. The third kappa shape index (κ3) is 3.93. The standard InChI is InChI=1S/C17H25N3O2S/c1-6-23(21,22)16-9-7-15(8-10-16)18-12(2)11-17-13(3)19-20(5)14(17)4/h7-10,12,18H,6,11H2,1-5H3/t12-/m0/s1. The summed E-state index contributed by atoms with van der Waals surface area (Å²) in [5.41, 5.74) is 4.42. The molecule has 0 aliphatic carbocycles. The smallest absolute Gasteiger partial charge is 0.178 e. The van der Waals surface area contributed by atoms with Crippen LogP contribution in [-0.4, -0.2) is 30.0 Å². The molecule has 1 aromatic heterocycles. The molecule has 2 aromatic rings. The Balaban J connectivity index is 2.07. The number of hydrogen-bond acceptors (Lipinski definition) is 4. The number of nitrogens with one attached hydrogen (secondary N) is 1. The van der Waals surface area contributed by atoms with Gasteiger partial charge in [0.05, 0.1) is 16.3 Å². The molecule has 0 radical (unpaired) electrons. The van der Waals surface area contributed by atoms with Crippen LogP contribution in [0.1, 0.15) is 30.8 Å². The van der Waals surface area contributed by atoms with Gasteiger partial charge in [0.1, 0.15) is 0 Å². The molecule has 1 N–H and O–H groups in total. The zero-order valence-electron chi connectivity index (χ0n) is 14.4. The van der Waals surface area contributed by atoms with Crippen molar-refractivity contribution in [2.45, 2.75) is 45.1 Å². The van der Waals surface area contributed by atoms with Crippen molar-refractivity contribution >= 4 is 15.5 Å². The molecular weight excluding hydrogens is 310 g/mol. The van der Waals surface area contributed by atoms with E-state index in [1.807, 2.05) is 30.8 Å². The predicted molar refractivity (Wildman–Crippen MR) is 93.6 cm³/mol. The van der Waals surface area contributed by atoms with Gasteiger partial charge < -0.3 is 5.32 Å². The lowest BCUT2D eigenvalue weighted by molar-refractivity contribution is 0.597. The second-order valence-electron chi connectivity index (χ2n) is 5.95. The van der Waals surface area contributed by atoms with Crippen molar-refractivity contribution in [1.82, 2.24) is 9.78 Å². The highest BCUT2D eigenvalue weighted by molar-refractivity contribution is 7.91. The molecule has 0 aliphatic rings. The number of aryl methyl sites for hydroxylation is 2. The number of hydrogen-bond donors (Lipinski definition) is 1. The summed E-state index contributed by atoms with van der Waals surface area (Å²) >= 11 is 0. The van der Waals surface area contributed by atoms with Crippen LogP contribution in [0.5, 0.6) is 0 Å². The van der Waals surface area contributed by atoms with Gasteiger partial charge in [0, 0.05) is 24.5 Å². The number of aromatic nitrogens is 2. The summed E-state index contributed by atoms with van der Waals surface area (Å²) in [5, 5.41) is 7.86. The van der Waals surface area contributed by atoms with E-state index in [1.54, 1.807) is 19.1 Å². The van der Waals surface area contributed by atoms with Crippen molar-refractivity contribution < 1.29 is 8.42 Å². The third-order valence-corrected chi connectivity index (χ3v) is 5.93. The lowest BCUT2D eigenvalue weighted by atomic mass is 10.1. The van der Waals surface area contributed by atoms with Crippen LogP contribution in [0.2, 0.25) is 0 Å². The zero-order valence-corrected chi connectivity index (χ0v) is 15.2. The van der Waals surface area contributed by atoms with Crippen molar-refractivity contribution in [3.8, 4) is 0 Å². The number of rotatable bonds is 6. The second-order valence-corrected chi connectivity index (χ2v) is 8.23. The van der Waals surface area contributed by atoms with Crippen LogP contribution >= 0.6 is 0 Å². The molecule has 0 saturated carbocycles. The number of benzene rings is 1. The number of sulfone groups is 1. The molecule has 0 bridgehead atoms. The lowest BCUT2D eigenvalue weighted by Gasteiger charge is -2.16. The van der Waals surface area contributed by atoms with Crippen molar-refractivity contribution in [3.63, 3.8) is 0 Å². The van der Waals surface area contributed by atoms with Gasteiger partial charge in [-0.2, -0.15) is 5.10 Å². The first kappa shape index (κ1) is 17.5. The minimum atomic E-state index is -3.14. The summed E-state index contributed by atoms with van der Waals surface area (Å²) < 4.78 is 25.6. The fourth-order valence-corrected chi connectivity index (χ4v) is 3.56. The Kier molecular flexibility index (Phi) is 5.14. The molecular formula is C17H25N3O2S. The molecule has 1 aromatic carbocycles. The van der Waals surface area contributed by atoms with E-state index in [1.165, 1.54) is 11.3 Å². The summed E-state index contributed by atoms with van der Waals surface area (Å²) in [4.78, 5) is 0.372. The van der Waals surface area contributed by atoms with E-state index in [-0.39, 0.29) is 11.8 Å². The van der Waals surface area contributed by atoms with Crippen molar-refractivity contribution in [2.24, 2.45) is 7.05 Å². The highest BCUT2D eigenvalue weighted by atomic mass is 32.2. The van der Waals surface area contributed by atoms with E-state index < -0.39 is 9.84 Å². The van der Waals surface area contributed by atoms with Crippen molar-refractivity contribution in [3.05, 3.63) is 41.2 Å². The van der Waals surface area contributed by atoms with Crippen LogP contribution in [0, 0.1) is 13.8 Å². The summed E-state index contributed by atoms with van der Waals surface area (Å²) in [5.74, 6) is 0.121. The largest absolute Gasteiger partial charge is 0.382 e. The van der Waals surface area contributed by atoms with E-state index in [0.717, 1.165) is 17.8 Å². The Morgan fingerprint density at radius 1 is 1.22 bits per heavy atom. The molecule has 23 heavy (non-hydrogen) atoms. The maximum Gasteiger partial charge on any atom is 0.178 e. The fourth-order valence-electron chi connectivity index (χ4n) is 2.68. The van der Waals surface area contributed by atoms with Gasteiger partial charge in [-0.15, -0.1) is 0 Å². The molecule has 0 aliphatic heterocycles. The van der Waals surface area contributed by atoms with Gasteiger partial charge in [0.25, 0.3) is 0 Å². The lowest BCUT2D eigenvalue weighted by Crippen LogP contribution is -2.19. The van der Waals surface area contributed by atoms with E-state index in [4.69, 9.17) is 0 Å². The van der Waals surface area contributed by atoms with Crippen LogP contribution < -0.4 is 5.32 Å². The van der Waals surface area contributed by atoms with Crippen LogP contribution in [0.15, 0.2) is 29.2 Å². The van der Waals surface area contributed by atoms with Crippen molar-refractivity contribution in [2.75, 3.05) is 11.1 Å². The van der Waals surface area contributed by atoms with E-state index in [0.29, 0.717) is 4.90 Å². The molecule has 0 saturated heterocycles. The van der Waals surface area contributed by atoms with Crippen LogP contribution in [-0.2, 0) is 23.3 Å². The Morgan fingerprint density at radius 2 is 1.83 bits per heavy atom. The summed E-state index contributed by atoms with van der Waals surface area (Å²) in [6.45, 7) is 7.87. The second kappa shape index (κ2) is 6.74. The van der Waals surface area contributed by atoms with E-state index in [2.05, 4.69) is 24.3 Å². The first-order chi connectivity index (χ1) is 10.7. The zero-order chi connectivity index (χ0) is 17.2. The molecule has 1 heterocycles. The highest BCUT2D eigenvalue weighted by Gasteiger charge is 2.14. The molecule has 6 heteroatoms. The van der Waals surface area contributed by atoms with Gasteiger partial charge in [-0.1, -0.05) is 6.92 Å². The SMILES string of the molecule is CCS(=O)(=O)c1ccc(N[C@@H](C)Cc2c(C)nn(C)c2C)cc1. The molecule has 0 spiro atoms. The average molecular weight is 335 g/mol. The quantitative estimate of drug-likeness (QED) is 0.881. The highest BCUT2D eigenvalue weighted by Crippen LogP contribution is 2.19. The summed E-state index contributed by atoms with van der Waals surface area (Å²) in [6.07, 6.45) is 0.876. The predicted octanol–water partition coefficient (Wildman–Crippen LogP) is 2.87. The van der Waals surface area contributed by atoms with Gasteiger partial charge in [0.2, 0.25) is 0 Å². The van der Waals surface area contributed by atoms with E-state index >= 15 is 0 Å². The molecule has 5 nitrogen and oxygen atoms in total. The monoisotopic (exact) mass is 335 g/mol. The minimum Gasteiger partial charge on any atom is -0.382 e. The first-order valence-corrected chi connectivity index (χ1v) is 9.48. The van der Waals surface area contributed by atoms with Crippen LogP contribution in [0.3, 0.4) is 0 Å². The topological polar surface area (TPSA) is 64.0 Å². The van der Waals surface area contributed by atoms with Gasteiger partial charge in [0.15, 0.2) is 9.84 Å². The summed E-state index contributed by atoms with van der Waals surface area (Å²) in [7, 11) is -1.18. The average Bonchev–Trinajstić information content (AvgIpc) is 2.74. The maximum absolute atomic E-state index is 11.8. The molecule has 2 rings (SSSR count). The van der Waals surface area contributed by atoms with Gasteiger partial charge in [-0.25, -0.2) is 8.42 Å². The third-order valence-electron chi connectivity index (χ3n) is 4.18. The Bertz CT molecular complexity index is 777. The minimum absolute atomic E-state index is 0.121. The Hall–Kier alpha value is -1.82. The molecule has 1 atom stereocenters. The maximum atomic E-state index is 11.8. The molecule has 126 valence electrons. The normalized spacial score (nSPS) is 13.1. The van der Waals surface area contributed by atoms with Crippen LogP contribution in [0.25, 0.3) is 0 Å². The fraction of sp³-hybridized carbons (Fsp3) is 0.471. The van der Waals surface area contributed by atoms with Gasteiger partial charge >= 0.3 is 0 Å². The molecule has 0 fully saturated rings. The Labute approximate surface area is 138 Å². The van der Waals surface area contributed by atoms with Crippen LogP contribution in [0.4, 0.5) is 5.69 Å². The molecule has 0 unspecified atom stereocenters. The first-order valence-electron chi connectivity index (χ1n) is 7.83.